The second kappa shape index (κ2) is 5.77. The molecule has 0 aromatic carbocycles. The molecule has 0 aliphatic carbocycles. The summed E-state index contributed by atoms with van der Waals surface area (Å²) in [5.41, 5.74) is 2.84. The molecular formula is C12H19N5O. The van der Waals surface area contributed by atoms with Crippen LogP contribution in [0, 0.1) is 6.92 Å². The minimum absolute atomic E-state index is 0.743. The molecular weight excluding hydrogens is 230 g/mol. The average molecular weight is 249 g/mol. The van der Waals surface area contributed by atoms with E-state index >= 15 is 0 Å². The molecule has 6 heteroatoms. The predicted molar refractivity (Wildman–Crippen MR) is 70.7 cm³/mol. The van der Waals surface area contributed by atoms with E-state index in [2.05, 4.69) is 27.3 Å². The zero-order chi connectivity index (χ0) is 13.0. The maximum Gasteiger partial charge on any atom is 0.155 e. The summed E-state index contributed by atoms with van der Waals surface area (Å²) in [4.78, 5) is 8.60. The standard InChI is InChI=1S/C12H19N5O/c1-4-17-11-10(9(2)16-17)14-8-15-12(11)13-6-5-7-18-3/h8H,4-7H2,1-3H3,(H,13,14,15). The van der Waals surface area contributed by atoms with Crippen LogP contribution < -0.4 is 5.32 Å². The lowest BCUT2D eigenvalue weighted by Crippen LogP contribution is -2.08. The van der Waals surface area contributed by atoms with Crippen LogP contribution in [-0.4, -0.2) is 40.0 Å². The van der Waals surface area contributed by atoms with Crippen LogP contribution in [0.4, 0.5) is 5.82 Å². The maximum atomic E-state index is 5.03. The number of nitrogens with one attached hydrogen (secondary N) is 1. The first-order valence-corrected chi connectivity index (χ1v) is 6.18. The molecule has 0 amide bonds. The fourth-order valence-corrected chi connectivity index (χ4v) is 1.95. The Morgan fingerprint density at radius 2 is 2.22 bits per heavy atom. The van der Waals surface area contributed by atoms with Crippen molar-refractivity contribution in [2.45, 2.75) is 26.8 Å². The van der Waals surface area contributed by atoms with Crippen molar-refractivity contribution >= 4 is 16.9 Å². The van der Waals surface area contributed by atoms with Crippen LogP contribution in [0.2, 0.25) is 0 Å². The molecule has 2 aromatic rings. The lowest BCUT2D eigenvalue weighted by Gasteiger charge is -2.07. The number of hydrogen-bond donors (Lipinski definition) is 1. The van der Waals surface area contributed by atoms with Crippen molar-refractivity contribution in [3.63, 3.8) is 0 Å². The molecule has 2 rings (SSSR count). The van der Waals surface area contributed by atoms with E-state index in [-0.39, 0.29) is 0 Å². The zero-order valence-corrected chi connectivity index (χ0v) is 11.1. The molecule has 98 valence electrons. The van der Waals surface area contributed by atoms with Gasteiger partial charge in [-0.3, -0.25) is 4.68 Å². The van der Waals surface area contributed by atoms with Gasteiger partial charge in [-0.1, -0.05) is 0 Å². The minimum atomic E-state index is 0.743. The molecule has 0 fully saturated rings. The number of rotatable bonds is 6. The van der Waals surface area contributed by atoms with Crippen LogP contribution in [0.15, 0.2) is 6.33 Å². The summed E-state index contributed by atoms with van der Waals surface area (Å²) in [5.74, 6) is 0.846. The quantitative estimate of drug-likeness (QED) is 0.788. The molecule has 0 bridgehead atoms. The van der Waals surface area contributed by atoms with Gasteiger partial charge in [0.2, 0.25) is 0 Å². The highest BCUT2D eigenvalue weighted by Crippen LogP contribution is 2.21. The third-order valence-electron chi connectivity index (χ3n) is 2.81. The molecule has 0 saturated heterocycles. The van der Waals surface area contributed by atoms with Gasteiger partial charge in [0.05, 0.1) is 5.69 Å². The Labute approximate surface area is 106 Å². The molecule has 6 nitrogen and oxygen atoms in total. The fraction of sp³-hybridized carbons (Fsp3) is 0.583. The zero-order valence-electron chi connectivity index (χ0n) is 11.1. The highest BCUT2D eigenvalue weighted by Gasteiger charge is 2.12. The van der Waals surface area contributed by atoms with E-state index in [9.17, 15) is 0 Å². The van der Waals surface area contributed by atoms with Crippen molar-refractivity contribution < 1.29 is 4.74 Å². The molecule has 2 aromatic heterocycles. The summed E-state index contributed by atoms with van der Waals surface area (Å²) >= 11 is 0. The number of fused-ring (bicyclic) bond motifs is 1. The van der Waals surface area contributed by atoms with E-state index in [4.69, 9.17) is 4.74 Å². The van der Waals surface area contributed by atoms with Gasteiger partial charge < -0.3 is 10.1 Å². The predicted octanol–water partition coefficient (Wildman–Crippen LogP) is 1.60. The molecule has 1 N–H and O–H groups in total. The van der Waals surface area contributed by atoms with E-state index in [0.717, 1.165) is 48.7 Å². The van der Waals surface area contributed by atoms with Crippen LogP contribution in [-0.2, 0) is 11.3 Å². The summed E-state index contributed by atoms with van der Waals surface area (Å²) in [6, 6.07) is 0. The lowest BCUT2D eigenvalue weighted by atomic mass is 10.3. The van der Waals surface area contributed by atoms with Gasteiger partial charge in [0.15, 0.2) is 5.82 Å². The topological polar surface area (TPSA) is 64.9 Å². The smallest absolute Gasteiger partial charge is 0.155 e. The van der Waals surface area contributed by atoms with Gasteiger partial charge in [-0.25, -0.2) is 9.97 Å². The molecule has 0 unspecified atom stereocenters. The first kappa shape index (κ1) is 12.8. The number of nitrogens with zero attached hydrogens (tertiary/aromatic N) is 4. The largest absolute Gasteiger partial charge is 0.385 e. The second-order valence-electron chi connectivity index (χ2n) is 4.09. The number of hydrogen-bond acceptors (Lipinski definition) is 5. The molecule has 0 spiro atoms. The number of ether oxygens (including phenoxy) is 1. The fourth-order valence-electron chi connectivity index (χ4n) is 1.95. The molecule has 0 atom stereocenters. The molecule has 0 aliphatic rings. The summed E-state index contributed by atoms with van der Waals surface area (Å²) in [7, 11) is 1.71. The SMILES string of the molecule is CCn1nc(C)c2ncnc(NCCCOC)c21. The van der Waals surface area contributed by atoms with Crippen LogP contribution >= 0.6 is 0 Å². The highest BCUT2D eigenvalue weighted by molar-refractivity contribution is 5.87. The summed E-state index contributed by atoms with van der Waals surface area (Å²) in [5, 5.41) is 7.78. The van der Waals surface area contributed by atoms with Gasteiger partial charge in [0.1, 0.15) is 17.4 Å². The van der Waals surface area contributed by atoms with Gasteiger partial charge in [-0.05, 0) is 20.3 Å². The van der Waals surface area contributed by atoms with Crippen LogP contribution in [0.1, 0.15) is 19.0 Å². The Kier molecular flexibility index (Phi) is 4.09. The Balaban J connectivity index is 2.26. The molecule has 18 heavy (non-hydrogen) atoms. The Morgan fingerprint density at radius 3 is 2.94 bits per heavy atom. The molecule has 2 heterocycles. The minimum Gasteiger partial charge on any atom is -0.385 e. The number of aromatic nitrogens is 4. The van der Waals surface area contributed by atoms with Crippen LogP contribution in [0.25, 0.3) is 11.0 Å². The van der Waals surface area contributed by atoms with Crippen molar-refractivity contribution in [2.24, 2.45) is 0 Å². The number of anilines is 1. The number of methoxy groups -OCH3 is 1. The van der Waals surface area contributed by atoms with E-state index < -0.39 is 0 Å². The van der Waals surface area contributed by atoms with Gasteiger partial charge in [0.25, 0.3) is 0 Å². The second-order valence-corrected chi connectivity index (χ2v) is 4.09. The van der Waals surface area contributed by atoms with Crippen LogP contribution in [0.5, 0.6) is 0 Å². The monoisotopic (exact) mass is 249 g/mol. The number of aryl methyl sites for hydroxylation is 2. The third kappa shape index (κ3) is 2.43. The van der Waals surface area contributed by atoms with Gasteiger partial charge in [-0.15, -0.1) is 0 Å². The van der Waals surface area contributed by atoms with Crippen molar-refractivity contribution in [2.75, 3.05) is 25.6 Å². The normalized spacial score (nSPS) is 11.1. The van der Waals surface area contributed by atoms with Crippen molar-refractivity contribution in [3.8, 4) is 0 Å². The van der Waals surface area contributed by atoms with E-state index in [1.54, 1.807) is 13.4 Å². The van der Waals surface area contributed by atoms with E-state index in [1.807, 2.05) is 11.6 Å². The highest BCUT2D eigenvalue weighted by atomic mass is 16.5. The van der Waals surface area contributed by atoms with Gasteiger partial charge >= 0.3 is 0 Å². The Hall–Kier alpha value is -1.69. The Morgan fingerprint density at radius 1 is 1.39 bits per heavy atom. The average Bonchev–Trinajstić information content (AvgIpc) is 2.73. The summed E-state index contributed by atoms with van der Waals surface area (Å²) < 4.78 is 6.96. The summed E-state index contributed by atoms with van der Waals surface area (Å²) in [6.45, 7) is 6.41. The van der Waals surface area contributed by atoms with Crippen molar-refractivity contribution in [1.82, 2.24) is 19.7 Å². The van der Waals surface area contributed by atoms with Gasteiger partial charge in [0, 0.05) is 26.8 Å². The van der Waals surface area contributed by atoms with Crippen LogP contribution in [0.3, 0.4) is 0 Å². The molecule has 0 saturated carbocycles. The third-order valence-corrected chi connectivity index (χ3v) is 2.81. The Bertz CT molecular complexity index is 522. The van der Waals surface area contributed by atoms with Crippen molar-refractivity contribution in [3.05, 3.63) is 12.0 Å². The van der Waals surface area contributed by atoms with E-state index in [0.29, 0.717) is 0 Å². The van der Waals surface area contributed by atoms with Crippen molar-refractivity contribution in [1.29, 1.82) is 0 Å². The molecule has 0 radical (unpaired) electrons. The lowest BCUT2D eigenvalue weighted by molar-refractivity contribution is 0.198. The first-order valence-electron chi connectivity index (χ1n) is 6.18. The van der Waals surface area contributed by atoms with E-state index in [1.165, 1.54) is 0 Å². The molecule has 0 aliphatic heterocycles. The maximum absolute atomic E-state index is 5.03. The summed E-state index contributed by atoms with van der Waals surface area (Å²) in [6.07, 6.45) is 2.52. The van der Waals surface area contributed by atoms with Gasteiger partial charge in [-0.2, -0.15) is 5.10 Å². The first-order chi connectivity index (χ1) is 8.77.